The monoisotopic (exact) mass is 299 g/mol. The molecule has 20 heavy (non-hydrogen) atoms. The van der Waals surface area contributed by atoms with E-state index in [0.717, 1.165) is 5.56 Å². The lowest BCUT2D eigenvalue weighted by atomic mass is 9.86. The Bertz CT molecular complexity index is 452. The first-order valence-corrected chi connectivity index (χ1v) is 5.82. The Morgan fingerprint density at radius 3 is 1.50 bits per heavy atom. The largest absolute Gasteiger partial charge is 0.402 e. The molecule has 1 unspecified atom stereocenters. The Morgan fingerprint density at radius 2 is 1.20 bits per heavy atom. The fourth-order valence-electron chi connectivity index (χ4n) is 2.48. The molecule has 1 aromatic carbocycles. The number of nitrogens with two attached hydrogens (primary N) is 1. The van der Waals surface area contributed by atoms with E-state index in [4.69, 9.17) is 5.73 Å². The number of rotatable bonds is 2. The molecule has 0 heterocycles. The number of hydrogen-bond donors (Lipinski definition) is 1. The second kappa shape index (κ2) is 5.27. The standard InChI is InChI=1S/C13H15F6N/c1-6-4-7(2)9(8(3)5-6)10(20)11(12(14,15)16)13(17,18)19/h4-5,10-11H,20H2,1-3H3. The van der Waals surface area contributed by atoms with Crippen molar-refractivity contribution in [1.82, 2.24) is 0 Å². The zero-order chi connectivity index (χ0) is 15.9. The highest BCUT2D eigenvalue weighted by Crippen LogP contribution is 2.46. The predicted octanol–water partition coefficient (Wildman–Crippen LogP) is 4.35. The fraction of sp³-hybridized carbons (Fsp3) is 0.538. The maximum absolute atomic E-state index is 12.7. The maximum Gasteiger partial charge on any atom is 0.402 e. The van der Waals surface area contributed by atoms with Gasteiger partial charge < -0.3 is 5.73 Å². The summed E-state index contributed by atoms with van der Waals surface area (Å²) in [5.74, 6) is -3.57. The van der Waals surface area contributed by atoms with Crippen molar-refractivity contribution in [3.63, 3.8) is 0 Å². The molecule has 1 nitrogen and oxygen atoms in total. The van der Waals surface area contributed by atoms with Crippen LogP contribution in [0.25, 0.3) is 0 Å². The van der Waals surface area contributed by atoms with Crippen LogP contribution in [-0.4, -0.2) is 12.4 Å². The molecule has 0 fully saturated rings. The Kier molecular flexibility index (Phi) is 4.43. The zero-order valence-corrected chi connectivity index (χ0v) is 11.2. The van der Waals surface area contributed by atoms with E-state index in [0.29, 0.717) is 11.1 Å². The third-order valence-corrected chi connectivity index (χ3v) is 3.14. The molecule has 1 rings (SSSR count). The smallest absolute Gasteiger partial charge is 0.323 e. The van der Waals surface area contributed by atoms with Gasteiger partial charge in [0.15, 0.2) is 5.92 Å². The lowest BCUT2D eigenvalue weighted by Gasteiger charge is -2.30. The first kappa shape index (κ1) is 16.8. The van der Waals surface area contributed by atoms with Crippen molar-refractivity contribution in [1.29, 1.82) is 0 Å². The van der Waals surface area contributed by atoms with Crippen molar-refractivity contribution in [3.8, 4) is 0 Å². The number of hydrogen-bond acceptors (Lipinski definition) is 1. The van der Waals surface area contributed by atoms with E-state index in [2.05, 4.69) is 0 Å². The van der Waals surface area contributed by atoms with Crippen LogP contribution in [0.5, 0.6) is 0 Å². The molecule has 0 aliphatic carbocycles. The van der Waals surface area contributed by atoms with E-state index in [1.165, 1.54) is 26.0 Å². The lowest BCUT2D eigenvalue weighted by Crippen LogP contribution is -2.44. The summed E-state index contributed by atoms with van der Waals surface area (Å²) in [6.45, 7) is 4.62. The Hall–Kier alpha value is -1.24. The van der Waals surface area contributed by atoms with Crippen molar-refractivity contribution in [2.45, 2.75) is 39.2 Å². The summed E-state index contributed by atoms with van der Waals surface area (Å²) in [6.07, 6.45) is -10.9. The van der Waals surface area contributed by atoms with Gasteiger partial charge in [0.05, 0.1) is 6.04 Å². The molecule has 1 atom stereocenters. The molecule has 0 aliphatic rings. The van der Waals surface area contributed by atoms with Crippen LogP contribution in [0.4, 0.5) is 26.3 Å². The predicted molar refractivity (Wildman–Crippen MR) is 63.2 cm³/mol. The van der Waals surface area contributed by atoms with Gasteiger partial charge in [0.2, 0.25) is 0 Å². The van der Waals surface area contributed by atoms with Gasteiger partial charge in [-0.2, -0.15) is 26.3 Å². The Morgan fingerprint density at radius 1 is 0.850 bits per heavy atom. The molecule has 0 aromatic heterocycles. The van der Waals surface area contributed by atoms with Gasteiger partial charge in [-0.1, -0.05) is 17.7 Å². The molecule has 0 aliphatic heterocycles. The molecule has 2 N–H and O–H groups in total. The van der Waals surface area contributed by atoms with Crippen LogP contribution in [0.1, 0.15) is 28.3 Å². The average Bonchev–Trinajstić information content (AvgIpc) is 2.09. The molecule has 0 saturated carbocycles. The highest BCUT2D eigenvalue weighted by atomic mass is 19.4. The van der Waals surface area contributed by atoms with Crippen LogP contribution in [0.15, 0.2) is 12.1 Å². The molecule has 0 spiro atoms. The SMILES string of the molecule is Cc1cc(C)c(C(N)C(C(F)(F)F)C(F)(F)F)c(C)c1. The highest BCUT2D eigenvalue weighted by Gasteiger charge is 2.60. The minimum Gasteiger partial charge on any atom is -0.323 e. The van der Waals surface area contributed by atoms with Crippen LogP contribution in [0.2, 0.25) is 0 Å². The molecule has 0 amide bonds. The van der Waals surface area contributed by atoms with Crippen molar-refractivity contribution >= 4 is 0 Å². The number of aryl methyl sites for hydroxylation is 3. The van der Waals surface area contributed by atoms with Gasteiger partial charge in [-0.05, 0) is 37.5 Å². The third-order valence-electron chi connectivity index (χ3n) is 3.14. The molecule has 1 aromatic rings. The zero-order valence-electron chi connectivity index (χ0n) is 11.2. The van der Waals surface area contributed by atoms with Crippen LogP contribution in [-0.2, 0) is 0 Å². The summed E-state index contributed by atoms with van der Waals surface area (Å²) in [7, 11) is 0. The first-order chi connectivity index (χ1) is 8.85. The van der Waals surface area contributed by atoms with E-state index >= 15 is 0 Å². The van der Waals surface area contributed by atoms with Gasteiger partial charge in [0.25, 0.3) is 0 Å². The second-order valence-corrected chi connectivity index (χ2v) is 4.90. The summed E-state index contributed by atoms with van der Waals surface area (Å²) in [4.78, 5) is 0. The summed E-state index contributed by atoms with van der Waals surface area (Å²) in [5, 5.41) is 0. The number of alkyl halides is 6. The van der Waals surface area contributed by atoms with Crippen LogP contribution >= 0.6 is 0 Å². The molecule has 114 valence electrons. The summed E-state index contributed by atoms with van der Waals surface area (Å²) in [5.41, 5.74) is 6.63. The topological polar surface area (TPSA) is 26.0 Å². The van der Waals surface area contributed by atoms with E-state index in [-0.39, 0.29) is 5.56 Å². The van der Waals surface area contributed by atoms with E-state index in [9.17, 15) is 26.3 Å². The number of halogens is 6. The molecule has 0 bridgehead atoms. The maximum atomic E-state index is 12.7. The van der Waals surface area contributed by atoms with Gasteiger partial charge in [-0.15, -0.1) is 0 Å². The van der Waals surface area contributed by atoms with Crippen molar-refractivity contribution in [2.24, 2.45) is 11.7 Å². The Labute approximate surface area is 112 Å². The summed E-state index contributed by atoms with van der Waals surface area (Å²) >= 11 is 0. The quantitative estimate of drug-likeness (QED) is 0.807. The van der Waals surface area contributed by atoms with E-state index in [1.54, 1.807) is 6.92 Å². The van der Waals surface area contributed by atoms with Gasteiger partial charge in [0.1, 0.15) is 0 Å². The van der Waals surface area contributed by atoms with Crippen molar-refractivity contribution in [3.05, 3.63) is 34.4 Å². The molecular formula is C13H15F6N. The van der Waals surface area contributed by atoms with Crippen LogP contribution < -0.4 is 5.73 Å². The molecule has 0 saturated heterocycles. The van der Waals surface area contributed by atoms with E-state index in [1.807, 2.05) is 0 Å². The highest BCUT2D eigenvalue weighted by molar-refractivity contribution is 5.40. The minimum atomic E-state index is -5.44. The summed E-state index contributed by atoms with van der Waals surface area (Å²) in [6, 6.07) is 0.869. The van der Waals surface area contributed by atoms with Crippen molar-refractivity contribution in [2.75, 3.05) is 0 Å². The minimum absolute atomic E-state index is 0.102. The molecule has 7 heteroatoms. The van der Waals surface area contributed by atoms with Gasteiger partial charge in [-0.3, -0.25) is 0 Å². The van der Waals surface area contributed by atoms with Crippen LogP contribution in [0.3, 0.4) is 0 Å². The van der Waals surface area contributed by atoms with Gasteiger partial charge in [0, 0.05) is 0 Å². The lowest BCUT2D eigenvalue weighted by molar-refractivity contribution is -0.290. The second-order valence-electron chi connectivity index (χ2n) is 4.90. The van der Waals surface area contributed by atoms with E-state index < -0.39 is 24.3 Å². The first-order valence-electron chi connectivity index (χ1n) is 5.82. The van der Waals surface area contributed by atoms with Gasteiger partial charge in [-0.25, -0.2) is 0 Å². The summed E-state index contributed by atoms with van der Waals surface area (Å²) < 4.78 is 76.2. The average molecular weight is 299 g/mol. The Balaban J connectivity index is 3.38. The fourth-order valence-corrected chi connectivity index (χ4v) is 2.48. The third kappa shape index (κ3) is 3.45. The number of benzene rings is 1. The van der Waals surface area contributed by atoms with Gasteiger partial charge >= 0.3 is 12.4 Å². The molecular weight excluding hydrogens is 284 g/mol. The normalized spacial score (nSPS) is 14.8. The van der Waals surface area contributed by atoms with Crippen molar-refractivity contribution < 1.29 is 26.3 Å². The van der Waals surface area contributed by atoms with Crippen LogP contribution in [0, 0.1) is 26.7 Å². The molecule has 0 radical (unpaired) electrons.